The van der Waals surface area contributed by atoms with Gasteiger partial charge < -0.3 is 4.42 Å². The summed E-state index contributed by atoms with van der Waals surface area (Å²) in [6.45, 7) is 2.05. The first kappa shape index (κ1) is 10.3. The lowest BCUT2D eigenvalue weighted by Crippen LogP contribution is -1.82. The molecule has 0 saturated heterocycles. The van der Waals surface area contributed by atoms with E-state index in [0.29, 0.717) is 16.5 Å². The maximum Gasteiger partial charge on any atom is 0.143 e. The van der Waals surface area contributed by atoms with Gasteiger partial charge in [-0.05, 0) is 25.1 Å². The summed E-state index contributed by atoms with van der Waals surface area (Å²) in [5.74, 6) is 0.691. The molecule has 0 saturated carbocycles. The summed E-state index contributed by atoms with van der Waals surface area (Å²) in [5, 5.41) is 1.45. The van der Waals surface area contributed by atoms with E-state index in [9.17, 15) is 0 Å². The van der Waals surface area contributed by atoms with Crippen molar-refractivity contribution in [3.05, 3.63) is 47.5 Å². The number of benzene rings is 1. The minimum atomic E-state index is 0.399. The van der Waals surface area contributed by atoms with Gasteiger partial charge in [-0.25, -0.2) is 9.97 Å². The van der Waals surface area contributed by atoms with Crippen LogP contribution < -0.4 is 0 Å². The fourth-order valence-corrected chi connectivity index (χ4v) is 1.96. The van der Waals surface area contributed by atoms with Crippen molar-refractivity contribution >= 4 is 22.6 Å². The van der Waals surface area contributed by atoms with Crippen LogP contribution in [-0.4, -0.2) is 9.97 Å². The molecule has 0 aliphatic carbocycles. The molecule has 84 valence electrons. The Bertz CT molecular complexity index is 691. The van der Waals surface area contributed by atoms with E-state index in [0.717, 1.165) is 11.0 Å². The van der Waals surface area contributed by atoms with Gasteiger partial charge in [0, 0.05) is 11.6 Å². The lowest BCUT2D eigenvalue weighted by molar-refractivity contribution is 0.630. The predicted octanol–water partition coefficient (Wildman–Crippen LogP) is 3.85. The normalized spacial score (nSPS) is 10.9. The van der Waals surface area contributed by atoms with Crippen molar-refractivity contribution in [3.8, 4) is 11.3 Å². The Kier molecular flexibility index (Phi) is 2.34. The number of aromatic nitrogens is 2. The van der Waals surface area contributed by atoms with Crippen molar-refractivity contribution in [1.29, 1.82) is 0 Å². The van der Waals surface area contributed by atoms with Crippen LogP contribution in [0.2, 0.25) is 5.15 Å². The van der Waals surface area contributed by atoms with Crippen molar-refractivity contribution < 1.29 is 4.42 Å². The molecule has 3 rings (SSSR count). The number of furan rings is 1. The van der Waals surface area contributed by atoms with E-state index in [4.69, 9.17) is 16.0 Å². The molecule has 0 aliphatic rings. The van der Waals surface area contributed by atoms with Crippen molar-refractivity contribution in [3.63, 3.8) is 0 Å². The van der Waals surface area contributed by atoms with E-state index in [-0.39, 0.29) is 0 Å². The summed E-state index contributed by atoms with van der Waals surface area (Å²) in [4.78, 5) is 7.89. The molecule has 3 nitrogen and oxygen atoms in total. The van der Waals surface area contributed by atoms with Gasteiger partial charge in [0.25, 0.3) is 0 Å². The SMILES string of the molecule is Cc1ccc2oc(-c3cncnc3Cl)cc2c1. The molecule has 4 heteroatoms. The Labute approximate surface area is 103 Å². The first-order chi connectivity index (χ1) is 8.24. The van der Waals surface area contributed by atoms with Crippen LogP contribution in [0.15, 0.2) is 41.2 Å². The van der Waals surface area contributed by atoms with Crippen LogP contribution in [-0.2, 0) is 0 Å². The summed E-state index contributed by atoms with van der Waals surface area (Å²) < 4.78 is 5.73. The monoisotopic (exact) mass is 244 g/mol. The molecule has 2 aromatic heterocycles. The zero-order valence-corrected chi connectivity index (χ0v) is 9.90. The van der Waals surface area contributed by atoms with Crippen molar-refractivity contribution in [2.45, 2.75) is 6.92 Å². The summed E-state index contributed by atoms with van der Waals surface area (Å²) in [5.41, 5.74) is 2.74. The highest BCUT2D eigenvalue weighted by Crippen LogP contribution is 2.31. The maximum atomic E-state index is 6.01. The fraction of sp³-hybridized carbons (Fsp3) is 0.0769. The van der Waals surface area contributed by atoms with Crippen LogP contribution >= 0.6 is 11.6 Å². The molecular formula is C13H9ClN2O. The Balaban J connectivity index is 2.22. The first-order valence-corrected chi connectivity index (χ1v) is 5.58. The molecular weight excluding hydrogens is 236 g/mol. The van der Waals surface area contributed by atoms with Gasteiger partial charge in [-0.1, -0.05) is 23.2 Å². The smallest absolute Gasteiger partial charge is 0.143 e. The molecule has 0 atom stereocenters. The molecule has 3 aromatic rings. The topological polar surface area (TPSA) is 38.9 Å². The standard InChI is InChI=1S/C13H9ClN2O/c1-8-2-3-11-9(4-8)5-12(17-11)10-6-15-7-16-13(10)14/h2-7H,1H3. The summed E-state index contributed by atoms with van der Waals surface area (Å²) in [6.07, 6.45) is 3.07. The van der Waals surface area contributed by atoms with Gasteiger partial charge in [0.15, 0.2) is 0 Å². The molecule has 0 radical (unpaired) electrons. The second-order valence-corrected chi connectivity index (χ2v) is 4.24. The number of halogens is 1. The van der Waals surface area contributed by atoms with Crippen LogP contribution in [0.5, 0.6) is 0 Å². The van der Waals surface area contributed by atoms with Gasteiger partial charge in [0.2, 0.25) is 0 Å². The summed E-state index contributed by atoms with van der Waals surface area (Å²) in [6, 6.07) is 7.98. The van der Waals surface area contributed by atoms with Gasteiger partial charge in [0.05, 0.1) is 5.56 Å². The summed E-state index contributed by atoms with van der Waals surface area (Å²) >= 11 is 6.01. The quantitative estimate of drug-likeness (QED) is 0.611. The third kappa shape index (κ3) is 1.78. The zero-order valence-electron chi connectivity index (χ0n) is 9.14. The lowest BCUT2D eigenvalue weighted by atomic mass is 10.1. The molecule has 0 spiro atoms. The first-order valence-electron chi connectivity index (χ1n) is 5.20. The predicted molar refractivity (Wildman–Crippen MR) is 67.0 cm³/mol. The fourth-order valence-electron chi connectivity index (χ4n) is 1.78. The number of fused-ring (bicyclic) bond motifs is 1. The van der Waals surface area contributed by atoms with Gasteiger partial charge in [-0.3, -0.25) is 0 Å². The van der Waals surface area contributed by atoms with E-state index in [1.165, 1.54) is 11.9 Å². The molecule has 0 unspecified atom stereocenters. The molecule has 1 aromatic carbocycles. The van der Waals surface area contributed by atoms with Gasteiger partial charge >= 0.3 is 0 Å². The van der Waals surface area contributed by atoms with Gasteiger partial charge in [0.1, 0.15) is 22.8 Å². The molecule has 17 heavy (non-hydrogen) atoms. The molecule has 0 amide bonds. The third-order valence-electron chi connectivity index (χ3n) is 2.60. The van der Waals surface area contributed by atoms with Gasteiger partial charge in [-0.2, -0.15) is 0 Å². The largest absolute Gasteiger partial charge is 0.456 e. The third-order valence-corrected chi connectivity index (χ3v) is 2.90. The van der Waals surface area contributed by atoms with E-state index in [2.05, 4.69) is 16.0 Å². The molecule has 0 bridgehead atoms. The molecule has 2 heterocycles. The number of hydrogen-bond acceptors (Lipinski definition) is 3. The zero-order chi connectivity index (χ0) is 11.8. The Morgan fingerprint density at radius 1 is 1.24 bits per heavy atom. The Morgan fingerprint density at radius 3 is 2.94 bits per heavy atom. The Hall–Kier alpha value is -1.87. The average molecular weight is 245 g/mol. The van der Waals surface area contributed by atoms with Gasteiger partial charge in [-0.15, -0.1) is 0 Å². The molecule has 0 aliphatic heterocycles. The average Bonchev–Trinajstić information content (AvgIpc) is 2.72. The van der Waals surface area contributed by atoms with Crippen LogP contribution in [0.1, 0.15) is 5.56 Å². The minimum Gasteiger partial charge on any atom is -0.456 e. The Morgan fingerprint density at radius 2 is 2.12 bits per heavy atom. The van der Waals surface area contributed by atoms with Crippen LogP contribution in [0.4, 0.5) is 0 Å². The van der Waals surface area contributed by atoms with Crippen molar-refractivity contribution in [2.24, 2.45) is 0 Å². The lowest BCUT2D eigenvalue weighted by Gasteiger charge is -1.96. The van der Waals surface area contributed by atoms with E-state index < -0.39 is 0 Å². The molecule has 0 N–H and O–H groups in total. The van der Waals surface area contributed by atoms with Crippen molar-refractivity contribution in [1.82, 2.24) is 9.97 Å². The second kappa shape index (κ2) is 3.86. The van der Waals surface area contributed by atoms with E-state index >= 15 is 0 Å². The minimum absolute atomic E-state index is 0.399. The number of hydrogen-bond donors (Lipinski definition) is 0. The van der Waals surface area contributed by atoms with Crippen molar-refractivity contribution in [2.75, 3.05) is 0 Å². The number of rotatable bonds is 1. The highest BCUT2D eigenvalue weighted by molar-refractivity contribution is 6.31. The van der Waals surface area contributed by atoms with Crippen LogP contribution in [0.3, 0.4) is 0 Å². The van der Waals surface area contributed by atoms with Crippen LogP contribution in [0, 0.1) is 6.92 Å². The van der Waals surface area contributed by atoms with E-state index in [1.807, 2.05) is 25.1 Å². The second-order valence-electron chi connectivity index (χ2n) is 3.88. The maximum absolute atomic E-state index is 6.01. The highest BCUT2D eigenvalue weighted by atomic mass is 35.5. The van der Waals surface area contributed by atoms with E-state index in [1.54, 1.807) is 6.20 Å². The number of nitrogens with zero attached hydrogens (tertiary/aromatic N) is 2. The molecule has 0 fully saturated rings. The van der Waals surface area contributed by atoms with Crippen LogP contribution in [0.25, 0.3) is 22.3 Å². The summed E-state index contributed by atoms with van der Waals surface area (Å²) in [7, 11) is 0. The highest BCUT2D eigenvalue weighted by Gasteiger charge is 2.10. The number of aryl methyl sites for hydroxylation is 1.